The molecule has 0 heterocycles. The van der Waals surface area contributed by atoms with Crippen molar-refractivity contribution in [2.75, 3.05) is 0 Å². The van der Waals surface area contributed by atoms with E-state index in [1.54, 1.807) is 0 Å². The Balaban J connectivity index is -0.0000000200. The molecule has 4 nitrogen and oxygen atoms in total. The quantitative estimate of drug-likeness (QED) is 0.202. The smallest absolute Gasteiger partial charge is 0.153 e. The third kappa shape index (κ3) is 119. The van der Waals surface area contributed by atoms with Crippen molar-refractivity contribution in [3.63, 3.8) is 0 Å². The Morgan fingerprint density at radius 2 is 1.20 bits per heavy atom. The van der Waals surface area contributed by atoms with Crippen LogP contribution in [-0.4, -0.2) is 0 Å². The van der Waals surface area contributed by atoms with Gasteiger partial charge in [-0.15, -0.1) is 0 Å². The molecule has 0 aliphatic carbocycles. The molecule has 5 heavy (non-hydrogen) atoms. The van der Waals surface area contributed by atoms with Crippen molar-refractivity contribution in [3.05, 3.63) is 16.0 Å². The van der Waals surface area contributed by atoms with Crippen LogP contribution in [0.1, 0.15) is 0 Å². The molecule has 0 spiro atoms. The molecule has 0 aromatic rings. The highest BCUT2D eigenvalue weighted by Gasteiger charge is 0.689. The van der Waals surface area contributed by atoms with Gasteiger partial charge in [-0.25, -0.2) is 0 Å². The van der Waals surface area contributed by atoms with Gasteiger partial charge in [0.15, 0.2) is 0 Å². The molecule has 32 valence electrons. The molecule has 0 fully saturated rings. The van der Waals surface area contributed by atoms with E-state index in [-0.39, 0.29) is 16.0 Å². The molecule has 0 aliphatic rings. The van der Waals surface area contributed by atoms with Crippen molar-refractivity contribution in [2.24, 2.45) is 0 Å². The van der Waals surface area contributed by atoms with Crippen LogP contribution in [0.5, 0.6) is 0 Å². The molecule has 0 aromatic heterocycles. The van der Waals surface area contributed by atoms with E-state index in [0.29, 0.717) is 0 Å². The molecular weight excluding hydrogens is 87.0 g/mol. The second kappa shape index (κ2) is 55.0. The van der Waals surface area contributed by atoms with E-state index in [1.165, 1.54) is 4.91 Å². The summed E-state index contributed by atoms with van der Waals surface area (Å²) >= 11 is 0. The second-order valence-corrected chi connectivity index (χ2v) is 0.0894. The first-order chi connectivity index (χ1) is 1.41. The third-order valence-electron chi connectivity index (χ3n) is 0. The van der Waals surface area contributed by atoms with Gasteiger partial charge in [-0.05, 0) is 0 Å². The number of quaternary nitrogens is 1. The van der Waals surface area contributed by atoms with Crippen LogP contribution < -0.4 is 6.15 Å². The molecule has 0 saturated carbocycles. The van der Waals surface area contributed by atoms with Gasteiger partial charge in [-0.2, -0.15) is 9.90 Å². The molecule has 5 heteroatoms. The number of rotatable bonds is 0. The zero-order valence-corrected chi connectivity index (χ0v) is 4.46. The summed E-state index contributed by atoms with van der Waals surface area (Å²) in [6.07, 6.45) is 0. The summed E-state index contributed by atoms with van der Waals surface area (Å²) in [7, 11) is 0. The Bertz CT molecular complexity index is 24.6. The summed E-state index contributed by atoms with van der Waals surface area (Å²) < 4.78 is 0. The molecule has 1 unspecified atom stereocenters. The maximum Gasteiger partial charge on any atom is -0.153 e. The summed E-state index contributed by atoms with van der Waals surface area (Å²) in [6.45, 7) is 0. The summed E-state index contributed by atoms with van der Waals surface area (Å²) in [4.78, 5) is 1.50. The standard InChI is InChI=1S/N3.H3N.H3P/c1-3-2;;/h;2*1H3/q-1;;/p+1. The van der Waals surface area contributed by atoms with Crippen molar-refractivity contribution >= 4 is 9.90 Å². The molecule has 0 amide bonds. The molecule has 0 bridgehead atoms. The fourth-order valence-electron chi connectivity index (χ4n) is 0. The molecule has 0 rings (SSSR count). The van der Waals surface area contributed by atoms with Gasteiger partial charge in [0, 0.05) is 0 Å². The van der Waals surface area contributed by atoms with E-state index in [9.17, 15) is 0 Å². The third-order valence-corrected chi connectivity index (χ3v) is 0. The highest BCUT2D eigenvalue weighted by atomic mass is 31.0. The first-order valence-electron chi connectivity index (χ1n) is 0.400. The predicted octanol–water partition coefficient (Wildman–Crippen LogP) is 1.30. The van der Waals surface area contributed by atoms with Crippen molar-refractivity contribution in [1.29, 1.82) is 0 Å². The lowest BCUT2D eigenvalue weighted by molar-refractivity contribution is 2.13. The van der Waals surface area contributed by atoms with E-state index in [0.717, 1.165) is 0 Å². The van der Waals surface area contributed by atoms with Gasteiger partial charge in [0.05, 0.1) is 0 Å². The minimum absolute atomic E-state index is 0. The maximum absolute atomic E-state index is 6.75. The Morgan fingerprint density at radius 1 is 1.20 bits per heavy atom. The van der Waals surface area contributed by atoms with E-state index in [1.807, 2.05) is 0 Å². The van der Waals surface area contributed by atoms with Crippen molar-refractivity contribution < 1.29 is 0 Å². The zero-order chi connectivity index (χ0) is 2.71. The summed E-state index contributed by atoms with van der Waals surface area (Å²) in [5, 5.41) is 0. The van der Waals surface area contributed by atoms with Crippen LogP contribution in [0.4, 0.5) is 0 Å². The first-order valence-corrected chi connectivity index (χ1v) is 0.400. The van der Waals surface area contributed by atoms with Crippen LogP contribution in [0, 0.1) is 0 Å². The minimum Gasteiger partial charge on any atom is -0.373 e. The van der Waals surface area contributed by atoms with Gasteiger partial charge in [0.1, 0.15) is 0 Å². The summed E-state index contributed by atoms with van der Waals surface area (Å²) in [5.41, 5.74) is 13.5. The largest absolute Gasteiger partial charge is 0.373 e. The van der Waals surface area contributed by atoms with Crippen LogP contribution in [0.3, 0.4) is 0 Å². The average Bonchev–Trinajstić information content (AvgIpc) is 0.918. The number of hydrogen-bond donors (Lipinski definition) is 1. The van der Waals surface area contributed by atoms with Crippen molar-refractivity contribution in [2.45, 2.75) is 0 Å². The van der Waals surface area contributed by atoms with E-state index in [4.69, 9.17) is 11.1 Å². The maximum atomic E-state index is 6.75. The van der Waals surface area contributed by atoms with Crippen molar-refractivity contribution in [3.8, 4) is 0 Å². The predicted molar refractivity (Wildman–Crippen MR) is 27.2 cm³/mol. The fourth-order valence-corrected chi connectivity index (χ4v) is 0. The highest BCUT2D eigenvalue weighted by molar-refractivity contribution is 6.92. The summed E-state index contributed by atoms with van der Waals surface area (Å²) in [6, 6.07) is 0. The molecule has 0 radical (unpaired) electrons. The molecule has 4 N–H and O–H groups in total. The van der Waals surface area contributed by atoms with Gasteiger partial charge < -0.3 is 17.2 Å². The Hall–Kier alpha value is -0.300. The Labute approximate surface area is 33.2 Å². The second-order valence-electron chi connectivity index (χ2n) is 0.0894. The molecule has 1 atom stereocenters. The van der Waals surface area contributed by atoms with E-state index < -0.39 is 0 Å². The van der Waals surface area contributed by atoms with Crippen LogP contribution in [-0.2, 0) is 0 Å². The van der Waals surface area contributed by atoms with Gasteiger partial charge >= 0.3 is 0 Å². The lowest BCUT2D eigenvalue weighted by atomic mass is 13.0. The van der Waals surface area contributed by atoms with E-state index in [2.05, 4.69) is 0 Å². The minimum atomic E-state index is 0. The lowest BCUT2D eigenvalue weighted by Gasteiger charge is -1.31. The molecule has 0 saturated heterocycles. The van der Waals surface area contributed by atoms with Crippen LogP contribution >= 0.6 is 9.90 Å². The van der Waals surface area contributed by atoms with Gasteiger partial charge in [-0.1, -0.05) is 0 Å². The number of nitrogens with zero attached hydrogens (tertiary/aromatic N) is 3. The SMILES string of the molecule is P.[N-]=[N+]=[N-].[NH4+]. The summed E-state index contributed by atoms with van der Waals surface area (Å²) in [5.74, 6) is 0. The number of hydrogen-bond acceptors (Lipinski definition) is 0. The highest BCUT2D eigenvalue weighted by Crippen LogP contribution is 1.29. The van der Waals surface area contributed by atoms with Gasteiger partial charge in [-0.3, -0.25) is 4.91 Å². The molecule has 0 aliphatic heterocycles. The first kappa shape index (κ1) is 22.3. The van der Waals surface area contributed by atoms with Crippen LogP contribution in [0.2, 0.25) is 0 Å². The fraction of sp³-hybridized carbons (Fsp3) is 0. The normalized spacial score (nSPS) is 1.60. The van der Waals surface area contributed by atoms with Crippen molar-refractivity contribution in [1.82, 2.24) is 6.15 Å². The monoisotopic (exact) mass is 94.0 g/mol. The van der Waals surface area contributed by atoms with Crippen LogP contribution in [0.25, 0.3) is 16.0 Å². The zero-order valence-electron chi connectivity index (χ0n) is 3.05. The lowest BCUT2D eigenvalue weighted by Crippen LogP contribution is -0.711. The molecular formula is H7N4P. The van der Waals surface area contributed by atoms with E-state index >= 15 is 0 Å². The van der Waals surface area contributed by atoms with Crippen LogP contribution in [0.15, 0.2) is 0 Å². The van der Waals surface area contributed by atoms with Gasteiger partial charge in [0.2, 0.25) is 0 Å². The molecule has 0 aromatic carbocycles. The van der Waals surface area contributed by atoms with Gasteiger partial charge in [0.25, 0.3) is 0 Å². The topological polar surface area (TPSA) is 95.2 Å². The Kier molecular flexibility index (Phi) is 245. The average molecular weight is 94.1 g/mol. The Morgan fingerprint density at radius 3 is 1.20 bits per heavy atom.